The van der Waals surface area contributed by atoms with E-state index < -0.39 is 23.1 Å². The van der Waals surface area contributed by atoms with E-state index in [1.54, 1.807) is 25.7 Å². The second kappa shape index (κ2) is 8.78. The van der Waals surface area contributed by atoms with Crippen LogP contribution < -0.4 is 4.74 Å². The van der Waals surface area contributed by atoms with Crippen molar-refractivity contribution < 1.29 is 19.4 Å². The van der Waals surface area contributed by atoms with Crippen molar-refractivity contribution in [3.8, 4) is 5.75 Å². The maximum absolute atomic E-state index is 13.1. The zero-order chi connectivity index (χ0) is 21.1. The van der Waals surface area contributed by atoms with Gasteiger partial charge in [0.05, 0.1) is 18.2 Å². The van der Waals surface area contributed by atoms with Gasteiger partial charge in [-0.1, -0.05) is 39.8 Å². The van der Waals surface area contributed by atoms with E-state index in [2.05, 4.69) is 0 Å². The molecular weight excluding hydrogens is 356 g/mol. The van der Waals surface area contributed by atoms with Gasteiger partial charge in [0.2, 0.25) is 0 Å². The molecule has 1 aromatic rings. The van der Waals surface area contributed by atoms with E-state index in [0.717, 1.165) is 17.7 Å². The van der Waals surface area contributed by atoms with Gasteiger partial charge in [0.25, 0.3) is 5.91 Å². The molecule has 0 fully saturated rings. The maximum Gasteiger partial charge on any atom is 0.290 e. The summed E-state index contributed by atoms with van der Waals surface area (Å²) in [7, 11) is 3.84. The van der Waals surface area contributed by atoms with Crippen LogP contribution in [0.2, 0.25) is 0 Å². The lowest BCUT2D eigenvalue weighted by atomic mass is 9.82. The molecular formula is C22H32N2O4. The van der Waals surface area contributed by atoms with Crippen LogP contribution in [-0.4, -0.2) is 60.4 Å². The highest BCUT2D eigenvalue weighted by Crippen LogP contribution is 2.41. The van der Waals surface area contributed by atoms with Crippen LogP contribution in [0.5, 0.6) is 5.75 Å². The molecule has 154 valence electrons. The number of amides is 1. The molecule has 1 heterocycles. The lowest BCUT2D eigenvalue weighted by molar-refractivity contribution is -0.129. The van der Waals surface area contributed by atoms with Crippen LogP contribution in [0.15, 0.2) is 35.6 Å². The van der Waals surface area contributed by atoms with Crippen molar-refractivity contribution in [2.45, 2.75) is 40.2 Å². The van der Waals surface area contributed by atoms with Gasteiger partial charge in [-0.05, 0) is 38.2 Å². The van der Waals surface area contributed by atoms with Crippen molar-refractivity contribution in [1.29, 1.82) is 0 Å². The Hall–Kier alpha value is -2.34. The van der Waals surface area contributed by atoms with Crippen LogP contribution in [0.25, 0.3) is 0 Å². The summed E-state index contributed by atoms with van der Waals surface area (Å²) >= 11 is 0. The quantitative estimate of drug-likeness (QED) is 0.740. The standard InChI is InChI=1S/C22H32N2O4/c1-7-14-28-16-10-8-15(9-11-16)18-17(20(26)22(2,3)4)19(25)21(27)24(18)13-12-23(5)6/h8-11,18,25H,7,12-14H2,1-6H3. The highest BCUT2D eigenvalue weighted by molar-refractivity contribution is 6.10. The molecule has 0 radical (unpaired) electrons. The van der Waals surface area contributed by atoms with Crippen molar-refractivity contribution in [1.82, 2.24) is 9.80 Å². The van der Waals surface area contributed by atoms with Gasteiger partial charge in [-0.2, -0.15) is 0 Å². The Morgan fingerprint density at radius 1 is 1.21 bits per heavy atom. The molecule has 1 unspecified atom stereocenters. The summed E-state index contributed by atoms with van der Waals surface area (Å²) in [4.78, 5) is 29.4. The van der Waals surface area contributed by atoms with Crippen LogP contribution in [0, 0.1) is 5.41 Å². The molecule has 1 atom stereocenters. The topological polar surface area (TPSA) is 70.1 Å². The number of carbonyl (C=O) groups excluding carboxylic acids is 2. The molecule has 0 spiro atoms. The Morgan fingerprint density at radius 3 is 2.32 bits per heavy atom. The Labute approximate surface area is 167 Å². The number of Topliss-reactive ketones (excluding diaryl/α,β-unsaturated/α-hetero) is 1. The molecule has 6 heteroatoms. The summed E-state index contributed by atoms with van der Waals surface area (Å²) in [6, 6.07) is 6.81. The smallest absolute Gasteiger partial charge is 0.290 e. The SMILES string of the molecule is CCCOc1ccc(C2C(C(=O)C(C)(C)C)=C(O)C(=O)N2CCN(C)C)cc1. The fraction of sp³-hybridized carbons (Fsp3) is 0.545. The van der Waals surface area contributed by atoms with Crippen LogP contribution in [0.3, 0.4) is 0 Å². The summed E-state index contributed by atoms with van der Waals surface area (Å²) in [5.41, 5.74) is 0.259. The number of aliphatic hydroxyl groups is 1. The van der Waals surface area contributed by atoms with Gasteiger partial charge < -0.3 is 19.6 Å². The van der Waals surface area contributed by atoms with Gasteiger partial charge in [0.15, 0.2) is 11.5 Å². The van der Waals surface area contributed by atoms with Crippen molar-refractivity contribution in [2.75, 3.05) is 33.8 Å². The molecule has 6 nitrogen and oxygen atoms in total. The number of nitrogens with zero attached hydrogens (tertiary/aromatic N) is 2. The minimum absolute atomic E-state index is 0.179. The van der Waals surface area contributed by atoms with E-state index in [1.807, 2.05) is 50.2 Å². The monoisotopic (exact) mass is 388 g/mol. The number of likely N-dealkylation sites (N-methyl/N-ethyl adjacent to an activating group) is 1. The van der Waals surface area contributed by atoms with Crippen LogP contribution in [0.4, 0.5) is 0 Å². The number of carbonyl (C=O) groups is 2. The lowest BCUT2D eigenvalue weighted by Crippen LogP contribution is -2.37. The molecule has 28 heavy (non-hydrogen) atoms. The highest BCUT2D eigenvalue weighted by atomic mass is 16.5. The van der Waals surface area contributed by atoms with Crippen LogP contribution in [-0.2, 0) is 9.59 Å². The molecule has 1 aliphatic heterocycles. The van der Waals surface area contributed by atoms with Crippen molar-refractivity contribution in [3.63, 3.8) is 0 Å². The van der Waals surface area contributed by atoms with E-state index in [0.29, 0.717) is 19.7 Å². The number of aliphatic hydroxyl groups excluding tert-OH is 1. The number of rotatable bonds is 8. The minimum Gasteiger partial charge on any atom is -0.503 e. The Bertz CT molecular complexity index is 745. The highest BCUT2D eigenvalue weighted by Gasteiger charge is 2.45. The van der Waals surface area contributed by atoms with Crippen LogP contribution >= 0.6 is 0 Å². The molecule has 1 N–H and O–H groups in total. The van der Waals surface area contributed by atoms with Gasteiger partial charge in [-0.3, -0.25) is 9.59 Å². The van der Waals surface area contributed by atoms with E-state index in [-0.39, 0.29) is 11.4 Å². The normalized spacial score (nSPS) is 17.6. The predicted octanol–water partition coefficient (Wildman–Crippen LogP) is 3.35. The third-order valence-corrected chi connectivity index (χ3v) is 4.69. The van der Waals surface area contributed by atoms with Crippen molar-refractivity contribution in [3.05, 3.63) is 41.2 Å². The average Bonchev–Trinajstić information content (AvgIpc) is 2.88. The number of hydrogen-bond acceptors (Lipinski definition) is 5. The summed E-state index contributed by atoms with van der Waals surface area (Å²) < 4.78 is 5.63. The van der Waals surface area contributed by atoms with Gasteiger partial charge >= 0.3 is 0 Å². The van der Waals surface area contributed by atoms with Crippen molar-refractivity contribution in [2.24, 2.45) is 5.41 Å². The molecule has 1 aliphatic rings. The second-order valence-corrected chi connectivity index (χ2v) is 8.46. The first kappa shape index (κ1) is 22.0. The first-order valence-electron chi connectivity index (χ1n) is 9.74. The zero-order valence-corrected chi connectivity index (χ0v) is 17.8. The molecule has 2 rings (SSSR count). The molecule has 0 aromatic heterocycles. The summed E-state index contributed by atoms with van der Waals surface area (Å²) in [5.74, 6) is -0.408. The fourth-order valence-corrected chi connectivity index (χ4v) is 3.14. The second-order valence-electron chi connectivity index (χ2n) is 8.46. The molecule has 0 bridgehead atoms. The molecule has 1 amide bonds. The Balaban J connectivity index is 2.44. The van der Waals surface area contributed by atoms with Crippen LogP contribution in [0.1, 0.15) is 45.7 Å². The fourth-order valence-electron chi connectivity index (χ4n) is 3.14. The summed E-state index contributed by atoms with van der Waals surface area (Å²) in [6.07, 6.45) is 0.915. The van der Waals surface area contributed by atoms with Crippen molar-refractivity contribution >= 4 is 11.7 Å². The molecule has 0 saturated carbocycles. The Morgan fingerprint density at radius 2 is 1.82 bits per heavy atom. The van der Waals surface area contributed by atoms with E-state index in [1.165, 1.54) is 0 Å². The maximum atomic E-state index is 13.1. The van der Waals surface area contributed by atoms with E-state index in [4.69, 9.17) is 4.74 Å². The third kappa shape index (κ3) is 4.73. The largest absolute Gasteiger partial charge is 0.503 e. The van der Waals surface area contributed by atoms with Gasteiger partial charge in [-0.15, -0.1) is 0 Å². The first-order chi connectivity index (χ1) is 13.1. The number of hydrogen-bond donors (Lipinski definition) is 1. The molecule has 1 aromatic carbocycles. The van der Waals surface area contributed by atoms with Gasteiger partial charge in [0.1, 0.15) is 5.75 Å². The van der Waals surface area contributed by atoms with E-state index in [9.17, 15) is 14.7 Å². The zero-order valence-electron chi connectivity index (χ0n) is 17.8. The number of benzene rings is 1. The number of ether oxygens (including phenoxy) is 1. The minimum atomic E-state index is -0.705. The molecule has 0 aliphatic carbocycles. The first-order valence-corrected chi connectivity index (χ1v) is 9.74. The third-order valence-electron chi connectivity index (χ3n) is 4.69. The Kier molecular flexibility index (Phi) is 6.88. The average molecular weight is 389 g/mol. The predicted molar refractivity (Wildman–Crippen MR) is 109 cm³/mol. The van der Waals surface area contributed by atoms with E-state index >= 15 is 0 Å². The number of ketones is 1. The lowest BCUT2D eigenvalue weighted by Gasteiger charge is -2.29. The van der Waals surface area contributed by atoms with Gasteiger partial charge in [-0.25, -0.2) is 0 Å². The molecule has 0 saturated heterocycles. The van der Waals surface area contributed by atoms with Gasteiger partial charge in [0, 0.05) is 18.5 Å². The summed E-state index contributed by atoms with van der Waals surface area (Å²) in [6.45, 7) is 9.09. The summed E-state index contributed by atoms with van der Waals surface area (Å²) in [5, 5.41) is 10.6.